The Balaban J connectivity index is 1.25. The number of hydrogen-bond donors (Lipinski definition) is 2. The average molecular weight is 483 g/mol. The van der Waals surface area contributed by atoms with Crippen molar-refractivity contribution in [3.8, 4) is 17.2 Å². The topological polar surface area (TPSA) is 76.7 Å². The second-order valence-electron chi connectivity index (χ2n) is 7.87. The van der Waals surface area contributed by atoms with Crippen LogP contribution in [-0.4, -0.2) is 18.9 Å². The Morgan fingerprint density at radius 1 is 0.914 bits per heavy atom. The first kappa shape index (κ1) is 22.6. The third-order valence-electron chi connectivity index (χ3n) is 5.49. The van der Waals surface area contributed by atoms with Gasteiger partial charge in [-0.1, -0.05) is 36.0 Å². The van der Waals surface area contributed by atoms with Gasteiger partial charge in [0, 0.05) is 21.9 Å². The van der Waals surface area contributed by atoms with Gasteiger partial charge in [0.15, 0.2) is 5.75 Å². The number of methoxy groups -OCH3 is 1. The summed E-state index contributed by atoms with van der Waals surface area (Å²) in [7, 11) is 1.65. The number of benzene rings is 4. The Kier molecular flexibility index (Phi) is 6.41. The molecule has 0 saturated carbocycles. The van der Waals surface area contributed by atoms with Crippen molar-refractivity contribution >= 4 is 29.3 Å². The van der Waals surface area contributed by atoms with E-state index in [0.29, 0.717) is 34.9 Å². The summed E-state index contributed by atoms with van der Waals surface area (Å²) < 4.78 is 11.1. The SMILES string of the molecule is COc1ccc(Sc2cccc(CNC(=O)c3ccc4c(c3)NC(=O)c3ccccc3O4)c2)cc1. The summed E-state index contributed by atoms with van der Waals surface area (Å²) in [5.74, 6) is 1.27. The van der Waals surface area contributed by atoms with E-state index < -0.39 is 0 Å². The molecule has 0 aromatic heterocycles. The zero-order valence-electron chi connectivity index (χ0n) is 18.9. The molecular weight excluding hydrogens is 460 g/mol. The zero-order valence-corrected chi connectivity index (χ0v) is 19.7. The number of rotatable bonds is 6. The lowest BCUT2D eigenvalue weighted by Crippen LogP contribution is -2.23. The van der Waals surface area contributed by atoms with Crippen molar-refractivity contribution in [1.29, 1.82) is 0 Å². The van der Waals surface area contributed by atoms with Crippen LogP contribution in [-0.2, 0) is 6.54 Å². The van der Waals surface area contributed by atoms with Gasteiger partial charge in [-0.15, -0.1) is 0 Å². The number of hydrogen-bond acceptors (Lipinski definition) is 5. The van der Waals surface area contributed by atoms with Crippen LogP contribution in [0.5, 0.6) is 17.2 Å². The molecule has 0 atom stereocenters. The fraction of sp³-hybridized carbons (Fsp3) is 0.0714. The maximum absolute atomic E-state index is 12.8. The van der Waals surface area contributed by atoms with Gasteiger partial charge in [0.25, 0.3) is 11.8 Å². The first-order valence-corrected chi connectivity index (χ1v) is 11.8. The summed E-state index contributed by atoms with van der Waals surface area (Å²) in [6.45, 7) is 0.376. The van der Waals surface area contributed by atoms with Crippen LogP contribution < -0.4 is 20.1 Å². The Labute approximate surface area is 207 Å². The lowest BCUT2D eigenvalue weighted by atomic mass is 10.1. The molecule has 0 radical (unpaired) electrons. The van der Waals surface area contributed by atoms with Gasteiger partial charge in [-0.3, -0.25) is 9.59 Å². The summed E-state index contributed by atoms with van der Waals surface area (Å²) in [6, 6.07) is 28.0. The molecule has 2 amide bonds. The minimum Gasteiger partial charge on any atom is -0.497 e. The number of amides is 2. The molecule has 6 nitrogen and oxygen atoms in total. The largest absolute Gasteiger partial charge is 0.497 e. The molecule has 4 aromatic rings. The molecule has 1 aliphatic heterocycles. The number of ether oxygens (including phenoxy) is 2. The Hall–Kier alpha value is -4.23. The fourth-order valence-electron chi connectivity index (χ4n) is 3.69. The predicted octanol–water partition coefficient (Wildman–Crippen LogP) is 6.13. The maximum Gasteiger partial charge on any atom is 0.259 e. The molecule has 1 heterocycles. The van der Waals surface area contributed by atoms with Crippen molar-refractivity contribution in [3.63, 3.8) is 0 Å². The summed E-state index contributed by atoms with van der Waals surface area (Å²) in [5, 5.41) is 5.78. The smallest absolute Gasteiger partial charge is 0.259 e. The van der Waals surface area contributed by atoms with Gasteiger partial charge in [-0.05, 0) is 72.3 Å². The van der Waals surface area contributed by atoms with Gasteiger partial charge in [0.05, 0.1) is 18.4 Å². The first-order valence-electron chi connectivity index (χ1n) is 11.0. The van der Waals surface area contributed by atoms with E-state index in [-0.39, 0.29) is 11.8 Å². The van der Waals surface area contributed by atoms with E-state index in [9.17, 15) is 9.59 Å². The van der Waals surface area contributed by atoms with Crippen LogP contribution in [0.4, 0.5) is 5.69 Å². The molecule has 1 aliphatic rings. The van der Waals surface area contributed by atoms with Crippen LogP contribution in [0.15, 0.2) is 101 Å². The van der Waals surface area contributed by atoms with Crippen molar-refractivity contribution in [1.82, 2.24) is 5.32 Å². The highest BCUT2D eigenvalue weighted by Gasteiger charge is 2.21. The quantitative estimate of drug-likeness (QED) is 0.346. The second-order valence-corrected chi connectivity index (χ2v) is 9.02. The van der Waals surface area contributed by atoms with Crippen LogP contribution in [0, 0.1) is 0 Å². The number of nitrogens with one attached hydrogen (secondary N) is 2. The molecule has 2 N–H and O–H groups in total. The van der Waals surface area contributed by atoms with Gasteiger partial charge in [-0.2, -0.15) is 0 Å². The molecular formula is C28H22N2O4S. The van der Waals surface area contributed by atoms with Crippen molar-refractivity contribution in [2.24, 2.45) is 0 Å². The van der Waals surface area contributed by atoms with Crippen LogP contribution in [0.2, 0.25) is 0 Å². The Morgan fingerprint density at radius 2 is 1.74 bits per heavy atom. The number of anilines is 1. The lowest BCUT2D eigenvalue weighted by molar-refractivity contribution is 0.0949. The van der Waals surface area contributed by atoms with E-state index >= 15 is 0 Å². The first-order chi connectivity index (χ1) is 17.1. The molecule has 35 heavy (non-hydrogen) atoms. The second kappa shape index (κ2) is 9.95. The van der Waals surface area contributed by atoms with Gasteiger partial charge in [-0.25, -0.2) is 0 Å². The molecule has 0 unspecified atom stereocenters. The third kappa shape index (κ3) is 5.15. The highest BCUT2D eigenvalue weighted by molar-refractivity contribution is 7.99. The minimum absolute atomic E-state index is 0.239. The van der Waals surface area contributed by atoms with Crippen molar-refractivity contribution in [3.05, 3.63) is 108 Å². The van der Waals surface area contributed by atoms with Crippen molar-refractivity contribution < 1.29 is 19.1 Å². The van der Waals surface area contributed by atoms with Crippen LogP contribution in [0.25, 0.3) is 0 Å². The standard InChI is InChI=1S/C28H22N2O4S/c1-33-20-10-12-21(13-11-20)35-22-6-4-5-18(15-22)17-29-27(31)19-9-14-26-24(16-19)30-28(32)23-7-2-3-8-25(23)34-26/h2-16H,17H2,1H3,(H,29,31)(H,30,32). The molecule has 0 aliphatic carbocycles. The number of carbonyl (C=O) groups excluding carboxylic acids is 2. The van der Waals surface area contributed by atoms with Gasteiger partial charge < -0.3 is 20.1 Å². The summed E-state index contributed by atoms with van der Waals surface area (Å²) in [5.41, 5.74) is 2.32. The van der Waals surface area contributed by atoms with E-state index in [4.69, 9.17) is 9.47 Å². The predicted molar refractivity (Wildman–Crippen MR) is 136 cm³/mol. The molecule has 0 saturated heterocycles. The number of carbonyl (C=O) groups is 2. The van der Waals surface area contributed by atoms with Crippen LogP contribution in [0.3, 0.4) is 0 Å². The van der Waals surface area contributed by atoms with Gasteiger partial charge in [0.2, 0.25) is 0 Å². The molecule has 174 valence electrons. The maximum atomic E-state index is 12.8. The number of para-hydroxylation sites is 1. The number of fused-ring (bicyclic) bond motifs is 2. The van der Waals surface area contributed by atoms with Crippen LogP contribution >= 0.6 is 11.8 Å². The van der Waals surface area contributed by atoms with Crippen LogP contribution in [0.1, 0.15) is 26.3 Å². The van der Waals surface area contributed by atoms with Crippen molar-refractivity contribution in [2.45, 2.75) is 16.3 Å². The highest BCUT2D eigenvalue weighted by Crippen LogP contribution is 2.36. The molecule has 5 rings (SSSR count). The molecule has 0 spiro atoms. The summed E-state index contributed by atoms with van der Waals surface area (Å²) in [6.07, 6.45) is 0. The lowest BCUT2D eigenvalue weighted by Gasteiger charge is -2.11. The summed E-state index contributed by atoms with van der Waals surface area (Å²) in [4.78, 5) is 27.6. The fourth-order valence-corrected chi connectivity index (χ4v) is 4.59. The van der Waals surface area contributed by atoms with E-state index in [1.807, 2.05) is 48.5 Å². The normalized spacial score (nSPS) is 11.9. The molecule has 0 bridgehead atoms. The van der Waals surface area contributed by atoms with E-state index in [1.54, 1.807) is 55.3 Å². The molecule has 7 heteroatoms. The van der Waals surface area contributed by atoms with E-state index in [1.165, 1.54) is 0 Å². The van der Waals surface area contributed by atoms with Crippen molar-refractivity contribution in [2.75, 3.05) is 12.4 Å². The zero-order chi connectivity index (χ0) is 24.2. The summed E-state index contributed by atoms with van der Waals surface area (Å²) >= 11 is 1.64. The monoisotopic (exact) mass is 482 g/mol. The minimum atomic E-state index is -0.275. The third-order valence-corrected chi connectivity index (χ3v) is 6.49. The highest BCUT2D eigenvalue weighted by atomic mass is 32.2. The van der Waals surface area contributed by atoms with E-state index in [0.717, 1.165) is 21.1 Å². The van der Waals surface area contributed by atoms with Gasteiger partial charge >= 0.3 is 0 Å². The molecule has 0 fully saturated rings. The Morgan fingerprint density at radius 3 is 2.57 bits per heavy atom. The average Bonchev–Trinajstić information content (AvgIpc) is 3.03. The van der Waals surface area contributed by atoms with E-state index in [2.05, 4.69) is 16.7 Å². The van der Waals surface area contributed by atoms with Gasteiger partial charge in [0.1, 0.15) is 11.5 Å². The Bertz CT molecular complexity index is 1400. The molecule has 4 aromatic carbocycles.